The summed E-state index contributed by atoms with van der Waals surface area (Å²) in [5.41, 5.74) is 0.0927. The topological polar surface area (TPSA) is 80.3 Å². The largest absolute Gasteiger partial charge is 0.489 e. The molecule has 3 rings (SSSR count). The number of aliphatic hydroxyl groups excluding tert-OH is 1. The Kier molecular flexibility index (Phi) is 13.5. The lowest BCUT2D eigenvalue weighted by Gasteiger charge is -2.34. The zero-order chi connectivity index (χ0) is 28.1. The van der Waals surface area contributed by atoms with Gasteiger partial charge in [0.25, 0.3) is 0 Å². The fourth-order valence-electron chi connectivity index (χ4n) is 3.53. The van der Waals surface area contributed by atoms with E-state index in [0.29, 0.717) is 12.3 Å². The second-order valence-corrected chi connectivity index (χ2v) is 8.90. The van der Waals surface area contributed by atoms with Crippen LogP contribution in [0.15, 0.2) is 55.6 Å². The molecule has 208 valence electrons. The number of piperazine rings is 1. The van der Waals surface area contributed by atoms with Crippen LogP contribution in [-0.4, -0.2) is 55.0 Å². The summed E-state index contributed by atoms with van der Waals surface area (Å²) in [7, 11) is 0. The number of nitrogens with zero attached hydrogens (tertiary/aromatic N) is 1. The molecule has 0 spiro atoms. The zero-order valence-corrected chi connectivity index (χ0v) is 22.6. The van der Waals surface area contributed by atoms with Gasteiger partial charge in [0, 0.05) is 37.3 Å². The van der Waals surface area contributed by atoms with Gasteiger partial charge < -0.3 is 29.5 Å². The molecule has 1 unspecified atom stereocenters. The van der Waals surface area contributed by atoms with Crippen molar-refractivity contribution in [3.05, 3.63) is 88.4 Å². The van der Waals surface area contributed by atoms with E-state index in [1.165, 1.54) is 36.4 Å². The minimum absolute atomic E-state index is 0.0454. The summed E-state index contributed by atoms with van der Waals surface area (Å²) in [4.78, 5) is 13.9. The number of carbonyl (C=O) groups excluding carboxylic acids is 1. The van der Waals surface area contributed by atoms with Gasteiger partial charge in [0.15, 0.2) is 6.29 Å². The van der Waals surface area contributed by atoms with Crippen molar-refractivity contribution in [2.45, 2.75) is 32.3 Å². The molecular formula is C27H32Cl2F2N2O5. The van der Waals surface area contributed by atoms with Crippen LogP contribution >= 0.6 is 23.2 Å². The summed E-state index contributed by atoms with van der Waals surface area (Å²) in [5, 5.41) is 13.0. The molecule has 0 radical (unpaired) electrons. The van der Waals surface area contributed by atoms with E-state index in [9.17, 15) is 18.7 Å². The molecule has 0 saturated carbocycles. The fraction of sp³-hybridized carbons (Fsp3) is 0.370. The number of rotatable bonds is 10. The number of ether oxygens (including phenoxy) is 3. The minimum Gasteiger partial charge on any atom is -0.489 e. The second kappa shape index (κ2) is 16.3. The molecule has 0 bridgehead atoms. The highest BCUT2D eigenvalue weighted by molar-refractivity contribution is 6.31. The van der Waals surface area contributed by atoms with Crippen molar-refractivity contribution < 1.29 is 32.9 Å². The average Bonchev–Trinajstić information content (AvgIpc) is 2.90. The number of hydrogen-bond donors (Lipinski definition) is 2. The fourth-order valence-corrected chi connectivity index (χ4v) is 4.04. The number of carbonyl (C=O) groups is 1. The quantitative estimate of drug-likeness (QED) is 0.267. The van der Waals surface area contributed by atoms with Gasteiger partial charge in [-0.3, -0.25) is 0 Å². The normalized spacial score (nSPS) is 15.6. The number of amides is 1. The Morgan fingerprint density at radius 2 is 1.95 bits per heavy atom. The van der Waals surface area contributed by atoms with Crippen LogP contribution in [0.1, 0.15) is 30.8 Å². The Hall–Kier alpha value is -2.69. The summed E-state index contributed by atoms with van der Waals surface area (Å²) in [6.45, 7) is 11.1. The van der Waals surface area contributed by atoms with E-state index in [2.05, 4.69) is 18.5 Å². The van der Waals surface area contributed by atoms with Crippen molar-refractivity contribution in [3.63, 3.8) is 0 Å². The number of halogens is 4. The monoisotopic (exact) mass is 572 g/mol. The van der Waals surface area contributed by atoms with Gasteiger partial charge in [-0.1, -0.05) is 54.9 Å². The molecule has 1 heterocycles. The van der Waals surface area contributed by atoms with E-state index in [0.717, 1.165) is 19.5 Å². The van der Waals surface area contributed by atoms with Gasteiger partial charge >= 0.3 is 6.09 Å². The molecular weight excluding hydrogens is 541 g/mol. The van der Waals surface area contributed by atoms with Crippen LogP contribution in [0.5, 0.6) is 5.75 Å². The molecule has 38 heavy (non-hydrogen) atoms. The highest BCUT2D eigenvalue weighted by Crippen LogP contribution is 2.28. The summed E-state index contributed by atoms with van der Waals surface area (Å²) in [5.74, 6) is -0.851. The van der Waals surface area contributed by atoms with E-state index in [1.54, 1.807) is 11.0 Å². The highest BCUT2D eigenvalue weighted by atomic mass is 35.5. The summed E-state index contributed by atoms with van der Waals surface area (Å²) < 4.78 is 42.7. The number of benzene rings is 2. The maximum Gasteiger partial charge on any atom is 0.410 e. The summed E-state index contributed by atoms with van der Waals surface area (Å²) >= 11 is 11.8. The number of aliphatic hydroxyl groups is 1. The Balaban J connectivity index is 0.000000308. The minimum atomic E-state index is -1.36. The van der Waals surface area contributed by atoms with Gasteiger partial charge in [-0.05, 0) is 24.6 Å². The molecule has 1 amide bonds. The third-order valence-corrected chi connectivity index (χ3v) is 6.16. The molecule has 0 aromatic heterocycles. The van der Waals surface area contributed by atoms with Crippen LogP contribution < -0.4 is 10.1 Å². The lowest BCUT2D eigenvalue weighted by molar-refractivity contribution is -0.0939. The van der Waals surface area contributed by atoms with Gasteiger partial charge in [0.1, 0.15) is 30.6 Å². The van der Waals surface area contributed by atoms with E-state index < -0.39 is 24.0 Å². The van der Waals surface area contributed by atoms with Crippen LogP contribution in [0.3, 0.4) is 0 Å². The highest BCUT2D eigenvalue weighted by Gasteiger charge is 2.26. The van der Waals surface area contributed by atoms with Gasteiger partial charge in [0.05, 0.1) is 22.2 Å². The maximum absolute atomic E-state index is 14.2. The number of nitrogens with one attached hydrogen (secondary N) is 1. The van der Waals surface area contributed by atoms with E-state index in [4.69, 9.17) is 37.4 Å². The molecule has 7 nitrogen and oxygen atoms in total. The number of hydrogen-bond acceptors (Lipinski definition) is 6. The van der Waals surface area contributed by atoms with Gasteiger partial charge in [-0.15, -0.1) is 6.58 Å². The average molecular weight is 573 g/mol. The standard InChI is InChI=1S/C17H22ClFN2O3.C10H10ClFO2/c1-3-7-23-13-8-15(18)14(16(19)9-13)11-24-17(22)21-6-5-20-10-12(21)4-2;1-2-6-14-10(13)9-7(11)4-3-5-8(9)12/h3,8-9,12,20H,1,4-7,10-11H2,2H3;2-5,10,13H,1,6H2/t12-;/m1./s1. The van der Waals surface area contributed by atoms with Crippen molar-refractivity contribution in [3.8, 4) is 5.75 Å². The zero-order valence-electron chi connectivity index (χ0n) is 21.1. The molecule has 0 aliphatic carbocycles. The molecule has 2 aromatic carbocycles. The molecule has 1 aliphatic rings. The first-order valence-corrected chi connectivity index (χ1v) is 12.7. The van der Waals surface area contributed by atoms with Gasteiger partial charge in [0.2, 0.25) is 0 Å². The van der Waals surface area contributed by atoms with Crippen molar-refractivity contribution >= 4 is 29.3 Å². The molecule has 2 atom stereocenters. The van der Waals surface area contributed by atoms with E-state index in [-0.39, 0.29) is 47.0 Å². The molecule has 2 N–H and O–H groups in total. The van der Waals surface area contributed by atoms with Crippen LogP contribution in [-0.2, 0) is 16.1 Å². The van der Waals surface area contributed by atoms with Crippen LogP contribution in [0.25, 0.3) is 0 Å². The van der Waals surface area contributed by atoms with Crippen molar-refractivity contribution in [2.75, 3.05) is 32.8 Å². The second-order valence-electron chi connectivity index (χ2n) is 8.09. The molecule has 2 aromatic rings. The van der Waals surface area contributed by atoms with Crippen LogP contribution in [0.4, 0.5) is 13.6 Å². The lowest BCUT2D eigenvalue weighted by Crippen LogP contribution is -2.53. The molecule has 1 aliphatic heterocycles. The molecule has 11 heteroatoms. The predicted octanol–water partition coefficient (Wildman–Crippen LogP) is 6.04. The summed E-state index contributed by atoms with van der Waals surface area (Å²) in [6, 6.07) is 6.96. The third kappa shape index (κ3) is 9.25. The van der Waals surface area contributed by atoms with Gasteiger partial charge in [-0.2, -0.15) is 0 Å². The first kappa shape index (κ1) is 31.5. The van der Waals surface area contributed by atoms with Gasteiger partial charge in [-0.25, -0.2) is 13.6 Å². The van der Waals surface area contributed by atoms with E-state index >= 15 is 0 Å². The molecule has 1 fully saturated rings. The Morgan fingerprint density at radius 3 is 2.58 bits per heavy atom. The third-order valence-electron chi connectivity index (χ3n) is 5.50. The first-order chi connectivity index (χ1) is 18.2. The van der Waals surface area contributed by atoms with Crippen LogP contribution in [0, 0.1) is 11.6 Å². The Labute approximate surface area is 231 Å². The molecule has 1 saturated heterocycles. The Morgan fingerprint density at radius 1 is 1.21 bits per heavy atom. The lowest BCUT2D eigenvalue weighted by atomic mass is 10.1. The smallest absolute Gasteiger partial charge is 0.410 e. The maximum atomic E-state index is 14.2. The first-order valence-electron chi connectivity index (χ1n) is 11.9. The van der Waals surface area contributed by atoms with Crippen molar-refractivity contribution in [1.82, 2.24) is 10.2 Å². The van der Waals surface area contributed by atoms with Crippen molar-refractivity contribution in [2.24, 2.45) is 0 Å². The SMILES string of the molecule is C=CCOC(O)c1c(F)cccc1Cl.C=CCOc1cc(F)c(COC(=O)N2CCNC[C@H]2CC)c(Cl)c1. The van der Waals surface area contributed by atoms with E-state index in [1.807, 2.05) is 6.92 Å². The Bertz CT molecular complexity index is 1050. The van der Waals surface area contributed by atoms with Crippen LogP contribution in [0.2, 0.25) is 10.0 Å². The van der Waals surface area contributed by atoms with Crippen molar-refractivity contribution in [1.29, 1.82) is 0 Å². The predicted molar refractivity (Wildman–Crippen MR) is 143 cm³/mol. The summed E-state index contributed by atoms with van der Waals surface area (Å²) in [6.07, 6.45) is 2.02.